The number of amides is 1. The Morgan fingerprint density at radius 3 is 2.47 bits per heavy atom. The SMILES string of the molecule is CCOc1cccc(N2C(=O)C(=O)/C(=C(/O)c3cc(C)c(OC)cc3C)C2c2ccncc2)c1. The first-order valence-electron chi connectivity index (χ1n) is 11.0. The molecule has 174 valence electrons. The van der Waals surface area contributed by atoms with E-state index < -0.39 is 17.7 Å². The van der Waals surface area contributed by atoms with E-state index in [0.717, 1.165) is 11.1 Å². The van der Waals surface area contributed by atoms with E-state index in [4.69, 9.17) is 9.47 Å². The number of aromatic nitrogens is 1. The Hall–Kier alpha value is -4.13. The fourth-order valence-corrected chi connectivity index (χ4v) is 4.26. The number of ether oxygens (including phenoxy) is 2. The number of pyridine rings is 1. The van der Waals surface area contributed by atoms with Crippen molar-refractivity contribution in [1.29, 1.82) is 0 Å². The maximum Gasteiger partial charge on any atom is 0.300 e. The molecule has 0 saturated carbocycles. The van der Waals surface area contributed by atoms with Gasteiger partial charge in [0, 0.05) is 29.7 Å². The first kappa shape index (κ1) is 23.0. The molecule has 0 aliphatic carbocycles. The molecule has 2 heterocycles. The molecule has 2 aromatic carbocycles. The molecule has 7 nitrogen and oxygen atoms in total. The number of carbonyl (C=O) groups excluding carboxylic acids is 2. The molecular weight excluding hydrogens is 432 g/mol. The van der Waals surface area contributed by atoms with Crippen molar-refractivity contribution in [3.05, 3.63) is 88.8 Å². The Balaban J connectivity index is 1.94. The van der Waals surface area contributed by atoms with Gasteiger partial charge < -0.3 is 14.6 Å². The minimum absolute atomic E-state index is 0.0191. The molecule has 0 radical (unpaired) electrons. The third-order valence-corrected chi connectivity index (χ3v) is 5.87. The maximum atomic E-state index is 13.3. The number of aliphatic hydroxyl groups is 1. The van der Waals surface area contributed by atoms with Crippen LogP contribution in [0.5, 0.6) is 11.5 Å². The molecular formula is C27H26N2O5. The zero-order valence-corrected chi connectivity index (χ0v) is 19.5. The second-order valence-electron chi connectivity index (χ2n) is 8.02. The number of hydrogen-bond donors (Lipinski definition) is 1. The molecule has 1 fully saturated rings. The number of rotatable bonds is 6. The van der Waals surface area contributed by atoms with Gasteiger partial charge in [-0.25, -0.2) is 0 Å². The predicted octanol–water partition coefficient (Wildman–Crippen LogP) is 4.73. The van der Waals surface area contributed by atoms with Crippen LogP contribution in [0.4, 0.5) is 5.69 Å². The summed E-state index contributed by atoms with van der Waals surface area (Å²) in [5.74, 6) is -0.453. The van der Waals surface area contributed by atoms with E-state index in [9.17, 15) is 14.7 Å². The lowest BCUT2D eigenvalue weighted by Crippen LogP contribution is -2.29. The molecule has 3 aromatic rings. The molecule has 1 N–H and O–H groups in total. The minimum Gasteiger partial charge on any atom is -0.507 e. The highest BCUT2D eigenvalue weighted by molar-refractivity contribution is 6.51. The summed E-state index contributed by atoms with van der Waals surface area (Å²) in [5, 5.41) is 11.4. The van der Waals surface area contributed by atoms with Gasteiger partial charge >= 0.3 is 0 Å². The standard InChI is InChI=1S/C27H26N2O5/c1-5-34-20-8-6-7-19(15-20)29-24(18-9-11-28-12-10-18)23(26(31)27(29)32)25(30)21-13-17(3)22(33-4)14-16(21)2/h6-15,24,30H,5H2,1-4H3/b25-23+. The Bertz CT molecular complexity index is 1280. The lowest BCUT2D eigenvalue weighted by molar-refractivity contribution is -0.132. The summed E-state index contributed by atoms with van der Waals surface area (Å²) in [6.07, 6.45) is 3.18. The summed E-state index contributed by atoms with van der Waals surface area (Å²) in [7, 11) is 1.58. The van der Waals surface area contributed by atoms with Gasteiger partial charge in [0.15, 0.2) is 0 Å². The van der Waals surface area contributed by atoms with Gasteiger partial charge in [-0.2, -0.15) is 0 Å². The summed E-state index contributed by atoms with van der Waals surface area (Å²) in [6.45, 7) is 6.01. The minimum atomic E-state index is -0.832. The first-order chi connectivity index (χ1) is 16.4. The van der Waals surface area contributed by atoms with Crippen molar-refractivity contribution >= 4 is 23.1 Å². The summed E-state index contributed by atoms with van der Waals surface area (Å²) < 4.78 is 11.0. The van der Waals surface area contributed by atoms with E-state index in [1.165, 1.54) is 4.90 Å². The van der Waals surface area contributed by atoms with E-state index in [2.05, 4.69) is 4.98 Å². The molecule has 1 aromatic heterocycles. The van der Waals surface area contributed by atoms with Crippen LogP contribution in [0.2, 0.25) is 0 Å². The van der Waals surface area contributed by atoms with Gasteiger partial charge in [0.25, 0.3) is 11.7 Å². The topological polar surface area (TPSA) is 89.0 Å². The Morgan fingerprint density at radius 2 is 1.79 bits per heavy atom. The number of ketones is 1. The van der Waals surface area contributed by atoms with Gasteiger partial charge in [-0.3, -0.25) is 19.5 Å². The van der Waals surface area contributed by atoms with Crippen molar-refractivity contribution in [2.45, 2.75) is 26.8 Å². The number of Topliss-reactive ketones (excluding diaryl/α,β-unsaturated/α-hetero) is 1. The Morgan fingerprint density at radius 1 is 1.06 bits per heavy atom. The van der Waals surface area contributed by atoms with Crippen molar-refractivity contribution in [2.24, 2.45) is 0 Å². The van der Waals surface area contributed by atoms with E-state index in [1.807, 2.05) is 20.8 Å². The lowest BCUT2D eigenvalue weighted by Gasteiger charge is -2.26. The number of methoxy groups -OCH3 is 1. The van der Waals surface area contributed by atoms with Crippen LogP contribution in [0.25, 0.3) is 5.76 Å². The zero-order chi connectivity index (χ0) is 24.4. The van der Waals surface area contributed by atoms with Crippen LogP contribution >= 0.6 is 0 Å². The first-order valence-corrected chi connectivity index (χ1v) is 11.0. The van der Waals surface area contributed by atoms with Crippen molar-refractivity contribution < 1.29 is 24.2 Å². The molecule has 4 rings (SSSR count). The lowest BCUT2D eigenvalue weighted by atomic mass is 9.93. The Labute approximate surface area is 198 Å². The van der Waals surface area contributed by atoms with Gasteiger partial charge in [0.2, 0.25) is 0 Å². The molecule has 7 heteroatoms. The van der Waals surface area contributed by atoms with Crippen molar-refractivity contribution in [3.8, 4) is 11.5 Å². The van der Waals surface area contributed by atoms with Gasteiger partial charge in [0.05, 0.1) is 25.3 Å². The van der Waals surface area contributed by atoms with Crippen LogP contribution in [0.15, 0.2) is 66.5 Å². The monoisotopic (exact) mass is 458 g/mol. The van der Waals surface area contributed by atoms with Crippen molar-refractivity contribution in [3.63, 3.8) is 0 Å². The van der Waals surface area contributed by atoms with Crippen LogP contribution in [0, 0.1) is 13.8 Å². The highest BCUT2D eigenvalue weighted by Gasteiger charge is 2.47. The number of hydrogen-bond acceptors (Lipinski definition) is 6. The summed E-state index contributed by atoms with van der Waals surface area (Å²) in [5.41, 5.74) is 3.16. The molecule has 0 spiro atoms. The van der Waals surface area contributed by atoms with Gasteiger partial charge in [-0.1, -0.05) is 6.07 Å². The molecule has 34 heavy (non-hydrogen) atoms. The van der Waals surface area contributed by atoms with E-state index in [1.54, 1.807) is 68.0 Å². The van der Waals surface area contributed by atoms with Crippen LogP contribution in [0.1, 0.15) is 35.2 Å². The quantitative estimate of drug-likeness (QED) is 0.326. The fourth-order valence-electron chi connectivity index (χ4n) is 4.26. The van der Waals surface area contributed by atoms with E-state index in [-0.39, 0.29) is 11.3 Å². The maximum absolute atomic E-state index is 13.3. The molecule has 1 aliphatic heterocycles. The van der Waals surface area contributed by atoms with Gasteiger partial charge in [-0.15, -0.1) is 0 Å². The largest absolute Gasteiger partial charge is 0.507 e. The molecule has 1 unspecified atom stereocenters. The molecule has 1 saturated heterocycles. The normalized spacial score (nSPS) is 17.2. The van der Waals surface area contributed by atoms with Gasteiger partial charge in [-0.05, 0) is 73.9 Å². The highest BCUT2D eigenvalue weighted by atomic mass is 16.5. The molecule has 1 amide bonds. The van der Waals surface area contributed by atoms with Crippen LogP contribution in [0.3, 0.4) is 0 Å². The third-order valence-electron chi connectivity index (χ3n) is 5.87. The van der Waals surface area contributed by atoms with Crippen LogP contribution < -0.4 is 14.4 Å². The average molecular weight is 459 g/mol. The number of aryl methyl sites for hydroxylation is 2. The average Bonchev–Trinajstić information content (AvgIpc) is 3.11. The number of carbonyl (C=O) groups is 2. The molecule has 0 bridgehead atoms. The van der Waals surface area contributed by atoms with Crippen LogP contribution in [-0.2, 0) is 9.59 Å². The highest BCUT2D eigenvalue weighted by Crippen LogP contribution is 2.43. The van der Waals surface area contributed by atoms with Crippen molar-refractivity contribution in [1.82, 2.24) is 4.98 Å². The molecule has 1 atom stereocenters. The zero-order valence-electron chi connectivity index (χ0n) is 19.5. The second-order valence-corrected chi connectivity index (χ2v) is 8.02. The summed E-state index contributed by atoms with van der Waals surface area (Å²) in [4.78, 5) is 32.1. The van der Waals surface area contributed by atoms with E-state index in [0.29, 0.717) is 34.9 Å². The number of nitrogens with zero attached hydrogens (tertiary/aromatic N) is 2. The predicted molar refractivity (Wildman–Crippen MR) is 129 cm³/mol. The second kappa shape index (κ2) is 9.39. The molecule has 1 aliphatic rings. The third kappa shape index (κ3) is 4.01. The number of anilines is 1. The van der Waals surface area contributed by atoms with Gasteiger partial charge in [0.1, 0.15) is 17.3 Å². The smallest absolute Gasteiger partial charge is 0.300 e. The Kier molecular flexibility index (Phi) is 6.36. The summed E-state index contributed by atoms with van der Waals surface area (Å²) in [6, 6.07) is 13.2. The fraction of sp³-hybridized carbons (Fsp3) is 0.222. The van der Waals surface area contributed by atoms with Crippen molar-refractivity contribution in [2.75, 3.05) is 18.6 Å². The number of benzene rings is 2. The number of aliphatic hydroxyl groups excluding tert-OH is 1. The van der Waals surface area contributed by atoms with E-state index >= 15 is 0 Å². The summed E-state index contributed by atoms with van der Waals surface area (Å²) >= 11 is 0. The van der Waals surface area contributed by atoms with Crippen LogP contribution in [-0.4, -0.2) is 35.5 Å².